The molecule has 2 aliphatic heterocycles. The Morgan fingerprint density at radius 2 is 1.97 bits per heavy atom. The lowest BCUT2D eigenvalue weighted by Gasteiger charge is -2.34. The number of sulfone groups is 1. The van der Waals surface area contributed by atoms with E-state index in [-0.39, 0.29) is 34.8 Å². The van der Waals surface area contributed by atoms with Crippen molar-refractivity contribution in [2.45, 2.75) is 55.3 Å². The highest BCUT2D eigenvalue weighted by Crippen LogP contribution is 2.65. The summed E-state index contributed by atoms with van der Waals surface area (Å²) in [6.07, 6.45) is 3.86. The first-order valence-electron chi connectivity index (χ1n) is 12.9. The fourth-order valence-electron chi connectivity index (χ4n) is 6.69. The summed E-state index contributed by atoms with van der Waals surface area (Å²) in [4.78, 5) is 17.3. The van der Waals surface area contributed by atoms with Crippen molar-refractivity contribution in [1.82, 2.24) is 15.8 Å². The molecule has 3 fully saturated rings. The number of pyridine rings is 1. The van der Waals surface area contributed by atoms with Crippen LogP contribution in [0.2, 0.25) is 0 Å². The Morgan fingerprint density at radius 1 is 1.14 bits per heavy atom. The fraction of sp³-hybridized carbons (Fsp3) is 0.538. The molecule has 4 N–H and O–H groups in total. The largest absolute Gasteiger partial charge is 0.497 e. The normalized spacial score (nSPS) is 32.0. The Labute approximate surface area is 216 Å². The number of hydrazine groups is 1. The summed E-state index contributed by atoms with van der Waals surface area (Å²) in [5, 5.41) is 6.57. The van der Waals surface area contributed by atoms with Gasteiger partial charge in [0.1, 0.15) is 5.75 Å². The molecule has 11 heteroatoms. The Hall–Kier alpha value is -2.89. The highest BCUT2D eigenvalue weighted by atomic mass is 32.2. The number of aromatic nitrogens is 1. The van der Waals surface area contributed by atoms with Crippen LogP contribution in [0.25, 0.3) is 0 Å². The minimum Gasteiger partial charge on any atom is -0.497 e. The molecule has 10 nitrogen and oxygen atoms in total. The maximum atomic E-state index is 13.1. The molecule has 1 spiro atoms. The van der Waals surface area contributed by atoms with E-state index in [1.807, 2.05) is 18.2 Å². The van der Waals surface area contributed by atoms with Crippen molar-refractivity contribution in [3.8, 4) is 11.6 Å². The maximum absolute atomic E-state index is 13.1. The third kappa shape index (κ3) is 3.86. The van der Waals surface area contributed by atoms with Crippen molar-refractivity contribution in [2.75, 3.05) is 30.6 Å². The van der Waals surface area contributed by atoms with Crippen LogP contribution in [0.1, 0.15) is 38.2 Å². The van der Waals surface area contributed by atoms with Gasteiger partial charge < -0.3 is 20.1 Å². The van der Waals surface area contributed by atoms with E-state index >= 15 is 0 Å². The summed E-state index contributed by atoms with van der Waals surface area (Å²) >= 11 is 0. The topological polar surface area (TPSA) is 131 Å². The molecule has 37 heavy (non-hydrogen) atoms. The first-order valence-corrected chi connectivity index (χ1v) is 14.5. The van der Waals surface area contributed by atoms with Crippen molar-refractivity contribution < 1.29 is 22.7 Å². The molecule has 198 valence electrons. The number of nitrogens with one attached hydrogen (secondary N) is 4. The van der Waals surface area contributed by atoms with E-state index in [2.05, 4.69) is 26.5 Å². The van der Waals surface area contributed by atoms with Gasteiger partial charge in [-0.1, -0.05) is 6.92 Å². The monoisotopic (exact) mass is 527 g/mol. The number of rotatable bonds is 7. The van der Waals surface area contributed by atoms with E-state index in [0.29, 0.717) is 23.4 Å². The van der Waals surface area contributed by atoms with Crippen LogP contribution in [0.5, 0.6) is 11.6 Å². The number of nitrogens with zero attached hydrogens (tertiary/aromatic N) is 1. The minimum atomic E-state index is -3.42. The van der Waals surface area contributed by atoms with Crippen LogP contribution in [0.4, 0.5) is 11.4 Å². The molecule has 2 aromatic rings. The molecule has 1 saturated heterocycles. The van der Waals surface area contributed by atoms with Crippen LogP contribution in [0.3, 0.4) is 0 Å². The number of benzene rings is 1. The summed E-state index contributed by atoms with van der Waals surface area (Å²) < 4.78 is 35.3. The van der Waals surface area contributed by atoms with Crippen LogP contribution in [-0.2, 0) is 20.0 Å². The second kappa shape index (κ2) is 8.85. The summed E-state index contributed by atoms with van der Waals surface area (Å²) in [6.45, 7) is 1.60. The smallest absolute Gasteiger partial charge is 0.238 e. The number of methoxy groups -OCH3 is 2. The van der Waals surface area contributed by atoms with Crippen molar-refractivity contribution in [3.63, 3.8) is 0 Å². The number of carbonyl (C=O) groups excluding carboxylic acids is 1. The summed E-state index contributed by atoms with van der Waals surface area (Å²) in [6, 6.07) is 9.36. The summed E-state index contributed by atoms with van der Waals surface area (Å²) in [7, 11) is -0.279. The van der Waals surface area contributed by atoms with Gasteiger partial charge in [0.2, 0.25) is 11.8 Å². The number of anilines is 2. The van der Waals surface area contributed by atoms with E-state index in [9.17, 15) is 13.2 Å². The lowest BCUT2D eigenvalue weighted by Crippen LogP contribution is -2.39. The predicted molar refractivity (Wildman–Crippen MR) is 138 cm³/mol. The van der Waals surface area contributed by atoms with E-state index in [0.717, 1.165) is 42.7 Å². The van der Waals surface area contributed by atoms with E-state index in [1.165, 1.54) is 13.2 Å². The molecule has 1 aromatic heterocycles. The molecule has 2 aliphatic carbocycles. The maximum Gasteiger partial charge on any atom is 0.238 e. The van der Waals surface area contributed by atoms with Crippen molar-refractivity contribution in [2.24, 2.45) is 17.8 Å². The number of ether oxygens (including phenoxy) is 2. The average Bonchev–Trinajstić information content (AvgIpc) is 3.47. The van der Waals surface area contributed by atoms with E-state index < -0.39 is 15.3 Å². The van der Waals surface area contributed by atoms with Gasteiger partial charge in [-0.3, -0.25) is 10.2 Å². The van der Waals surface area contributed by atoms with Gasteiger partial charge in [-0.2, -0.15) is 4.98 Å². The molecular formula is C26H33N5O5S. The Bertz CT molecular complexity index is 1350. The van der Waals surface area contributed by atoms with Gasteiger partial charge in [-0.25, -0.2) is 13.8 Å². The molecule has 6 rings (SSSR count). The van der Waals surface area contributed by atoms with Crippen LogP contribution < -0.4 is 31.0 Å². The summed E-state index contributed by atoms with van der Waals surface area (Å²) in [5.41, 5.74) is 9.05. The molecule has 6 atom stereocenters. The van der Waals surface area contributed by atoms with Gasteiger partial charge in [0.25, 0.3) is 0 Å². The van der Waals surface area contributed by atoms with Gasteiger partial charge in [0.15, 0.2) is 14.9 Å². The number of hydrogen-bond donors (Lipinski definition) is 4. The second-order valence-electron chi connectivity index (χ2n) is 10.5. The molecule has 4 aliphatic rings. The van der Waals surface area contributed by atoms with E-state index in [4.69, 9.17) is 9.47 Å². The Kier molecular flexibility index (Phi) is 5.85. The van der Waals surface area contributed by atoms with Crippen LogP contribution >= 0.6 is 0 Å². The van der Waals surface area contributed by atoms with Crippen LogP contribution in [0, 0.1) is 17.8 Å². The third-order valence-electron chi connectivity index (χ3n) is 8.78. The molecular weight excluding hydrogens is 494 g/mol. The van der Waals surface area contributed by atoms with Gasteiger partial charge >= 0.3 is 0 Å². The number of amides is 1. The zero-order valence-corrected chi connectivity index (χ0v) is 22.0. The molecule has 0 radical (unpaired) electrons. The minimum absolute atomic E-state index is 0.0156. The van der Waals surface area contributed by atoms with Gasteiger partial charge in [0, 0.05) is 17.6 Å². The third-order valence-corrected chi connectivity index (χ3v) is 10.4. The summed E-state index contributed by atoms with van der Waals surface area (Å²) in [5.74, 6) is 2.25. The fourth-order valence-corrected chi connectivity index (χ4v) is 7.49. The molecule has 1 amide bonds. The van der Waals surface area contributed by atoms with Crippen molar-refractivity contribution >= 4 is 27.1 Å². The van der Waals surface area contributed by atoms with Crippen LogP contribution in [-0.4, -0.2) is 51.5 Å². The zero-order valence-electron chi connectivity index (χ0n) is 21.2. The molecule has 2 saturated carbocycles. The quantitative estimate of drug-likeness (QED) is 0.429. The Balaban J connectivity index is 1.14. The van der Waals surface area contributed by atoms with Gasteiger partial charge in [-0.15, -0.1) is 0 Å². The first kappa shape index (κ1) is 24.4. The molecule has 0 bridgehead atoms. The highest BCUT2D eigenvalue weighted by Gasteiger charge is 2.67. The molecule has 1 aromatic carbocycles. The van der Waals surface area contributed by atoms with Crippen LogP contribution in [0.15, 0.2) is 35.4 Å². The first-order chi connectivity index (χ1) is 17.8. The highest BCUT2D eigenvalue weighted by molar-refractivity contribution is 7.91. The lowest BCUT2D eigenvalue weighted by molar-refractivity contribution is -0.118. The van der Waals surface area contributed by atoms with Gasteiger partial charge in [-0.05, 0) is 73.4 Å². The standard InChI is InChI=1S/C26H33N5O5S/c1-4-37(33,34)22-10-9-20(24(29-22)36-3)27-23-16-7-5-14(11-21(16)30-31-23)18-13-26(18)17-12-15(35-2)6-8-19(17)28-25(26)32/h6,8-10,12,14,16,18,21,23,27,30-31H,4-5,7,11,13H2,1-3H3,(H,28,32)/t14?,16?,18-,21?,23?,26-/m0/s1. The number of carbonyl (C=O) groups is 1. The van der Waals surface area contributed by atoms with E-state index in [1.54, 1.807) is 20.1 Å². The lowest BCUT2D eigenvalue weighted by atomic mass is 9.74. The van der Waals surface area contributed by atoms with Gasteiger partial charge in [0.05, 0.1) is 37.2 Å². The number of hydrogen-bond acceptors (Lipinski definition) is 9. The second-order valence-corrected chi connectivity index (χ2v) is 12.7. The Morgan fingerprint density at radius 3 is 2.73 bits per heavy atom. The predicted octanol–water partition coefficient (Wildman–Crippen LogP) is 2.43. The van der Waals surface area contributed by atoms with Crippen molar-refractivity contribution in [3.05, 3.63) is 35.9 Å². The molecule has 3 heterocycles. The van der Waals surface area contributed by atoms with Crippen molar-refractivity contribution in [1.29, 1.82) is 0 Å². The molecule has 4 unspecified atom stereocenters. The SMILES string of the molecule is CCS(=O)(=O)c1ccc(NC2NNC3CC([C@@H]4C[C@@]45C(=O)Nc4ccc(OC)cc45)CCC32)c(OC)n1. The number of fused-ring (bicyclic) bond motifs is 3. The average molecular weight is 528 g/mol. The zero-order chi connectivity index (χ0) is 25.9.